The molecule has 0 unspecified atom stereocenters. The molecule has 2 rings (SSSR count). The fourth-order valence-corrected chi connectivity index (χ4v) is 3.04. The minimum Gasteiger partial charge on any atom is -0.336 e. The van der Waals surface area contributed by atoms with Gasteiger partial charge in [-0.05, 0) is 22.3 Å². The number of benzene rings is 1. The third-order valence-corrected chi connectivity index (χ3v) is 3.78. The van der Waals surface area contributed by atoms with Crippen LogP contribution in [-0.2, 0) is 10.8 Å². The summed E-state index contributed by atoms with van der Waals surface area (Å²) in [5, 5.41) is 9.35. The van der Waals surface area contributed by atoms with Gasteiger partial charge in [-0.25, -0.2) is 5.26 Å². The number of fused-ring (bicyclic) bond motifs is 1. The summed E-state index contributed by atoms with van der Waals surface area (Å²) in [6, 6.07) is 0. The summed E-state index contributed by atoms with van der Waals surface area (Å²) in [5.41, 5.74) is 4.24. The summed E-state index contributed by atoms with van der Waals surface area (Å²) >= 11 is 0. The lowest BCUT2D eigenvalue weighted by Gasteiger charge is -2.34. The van der Waals surface area contributed by atoms with Gasteiger partial charge in [0.05, 0.1) is 0 Å². The molecule has 1 N–H and O–H groups in total. The van der Waals surface area contributed by atoms with Crippen molar-refractivity contribution in [2.24, 2.45) is 0 Å². The first-order valence-corrected chi connectivity index (χ1v) is 7.40. The van der Waals surface area contributed by atoms with Crippen molar-refractivity contribution in [2.45, 2.75) is 72.1 Å². The van der Waals surface area contributed by atoms with Crippen LogP contribution in [0.3, 0.4) is 0 Å². The molecule has 0 saturated carbocycles. The van der Waals surface area contributed by atoms with Gasteiger partial charge in [-0.15, -0.1) is 0 Å². The Morgan fingerprint density at radius 3 is 1.62 bits per heavy atom. The lowest BCUT2D eigenvalue weighted by molar-refractivity contribution is -0.139. The lowest BCUT2D eigenvalue weighted by atomic mass is 9.71. The van der Waals surface area contributed by atoms with Crippen LogP contribution in [0.15, 0.2) is 9.15 Å². The smallest absolute Gasteiger partial charge is 0.272 e. The zero-order valence-electron chi connectivity index (χ0n) is 14.2. The summed E-state index contributed by atoms with van der Waals surface area (Å²) < 4.78 is 10.4. The summed E-state index contributed by atoms with van der Waals surface area (Å²) in [6.45, 7) is 17.1. The lowest BCUT2D eigenvalue weighted by Crippen LogP contribution is -2.26. The molecule has 1 heterocycles. The Bertz CT molecular complexity index is 645. The van der Waals surface area contributed by atoms with Crippen LogP contribution in [0.25, 0.3) is 11.2 Å². The van der Waals surface area contributed by atoms with Crippen LogP contribution in [0, 0.1) is 0 Å². The average molecular weight is 294 g/mol. The van der Waals surface area contributed by atoms with Crippen LogP contribution in [0.5, 0.6) is 5.75 Å². The highest BCUT2D eigenvalue weighted by molar-refractivity contribution is 5.86. The average Bonchev–Trinajstić information content (AvgIpc) is 2.25. The van der Waals surface area contributed by atoms with Crippen LogP contribution >= 0.6 is 0 Å². The summed E-state index contributed by atoms with van der Waals surface area (Å²) in [5.74, 6) is 0.571. The molecule has 4 heteroatoms. The molecule has 0 aliphatic heterocycles. The molecule has 0 aliphatic rings. The Kier molecular flexibility index (Phi) is 3.65. The largest absolute Gasteiger partial charge is 0.336 e. The van der Waals surface area contributed by atoms with E-state index < -0.39 is 0 Å². The fraction of sp³-hybridized carbons (Fsp3) is 0.647. The van der Waals surface area contributed by atoms with Crippen molar-refractivity contribution < 1.29 is 19.3 Å². The van der Waals surface area contributed by atoms with Gasteiger partial charge in [0, 0.05) is 11.1 Å². The van der Waals surface area contributed by atoms with E-state index in [-0.39, 0.29) is 16.7 Å². The Labute approximate surface area is 125 Å². The van der Waals surface area contributed by atoms with Crippen LogP contribution in [0.1, 0.15) is 78.0 Å². The molecule has 1 aromatic heterocycles. The fourth-order valence-electron chi connectivity index (χ4n) is 3.04. The standard InChI is InChI=1S/C17H26O4/c1-9(2)10-11(16(3,4)5)12(17(6,7)8)14-15(21-20-14)13(10)19-18/h9,18H,1-8H3. The predicted molar refractivity (Wildman–Crippen MR) is 83.2 cm³/mol. The highest BCUT2D eigenvalue weighted by Gasteiger charge is 2.38. The topological polar surface area (TPSA) is 55.7 Å². The third-order valence-electron chi connectivity index (χ3n) is 3.78. The van der Waals surface area contributed by atoms with E-state index in [4.69, 9.17) is 9.15 Å². The van der Waals surface area contributed by atoms with E-state index in [2.05, 4.69) is 60.3 Å². The SMILES string of the molecule is CC(C)c1c(C(C)(C)C)c(C(C)(C)C)c2ooc2c1OO. The Hall–Kier alpha value is -1.42. The maximum atomic E-state index is 9.35. The van der Waals surface area contributed by atoms with Crippen LogP contribution in [0.4, 0.5) is 0 Å². The van der Waals surface area contributed by atoms with E-state index >= 15 is 0 Å². The van der Waals surface area contributed by atoms with E-state index in [1.807, 2.05) is 0 Å². The molecule has 0 amide bonds. The van der Waals surface area contributed by atoms with Crippen molar-refractivity contribution in [3.63, 3.8) is 0 Å². The van der Waals surface area contributed by atoms with Crippen molar-refractivity contribution in [3.8, 4) is 5.75 Å². The zero-order chi connectivity index (χ0) is 16.2. The molecule has 118 valence electrons. The molecule has 0 spiro atoms. The monoisotopic (exact) mass is 294 g/mol. The summed E-state index contributed by atoms with van der Waals surface area (Å²) in [7, 11) is 0. The molecule has 1 aromatic carbocycles. The quantitative estimate of drug-likeness (QED) is 0.579. The van der Waals surface area contributed by atoms with Crippen molar-refractivity contribution in [1.82, 2.24) is 0 Å². The van der Waals surface area contributed by atoms with Gasteiger partial charge in [0.15, 0.2) is 0 Å². The highest BCUT2D eigenvalue weighted by Crippen LogP contribution is 2.49. The van der Waals surface area contributed by atoms with Gasteiger partial charge in [-0.3, -0.25) is 9.15 Å². The Morgan fingerprint density at radius 2 is 1.33 bits per heavy atom. The van der Waals surface area contributed by atoms with E-state index in [9.17, 15) is 5.26 Å². The molecule has 4 nitrogen and oxygen atoms in total. The molecular weight excluding hydrogens is 268 g/mol. The van der Waals surface area contributed by atoms with Gasteiger partial charge in [0.1, 0.15) is 0 Å². The first-order valence-electron chi connectivity index (χ1n) is 7.40. The number of hydrogen-bond donors (Lipinski definition) is 1. The van der Waals surface area contributed by atoms with Crippen molar-refractivity contribution in [1.29, 1.82) is 0 Å². The molecule has 21 heavy (non-hydrogen) atoms. The van der Waals surface area contributed by atoms with Gasteiger partial charge in [-0.2, -0.15) is 0 Å². The molecule has 0 atom stereocenters. The highest BCUT2D eigenvalue weighted by atomic mass is 17.1. The molecule has 0 aliphatic carbocycles. The van der Waals surface area contributed by atoms with Gasteiger partial charge >= 0.3 is 0 Å². The molecule has 0 bridgehead atoms. The Morgan fingerprint density at radius 1 is 0.857 bits per heavy atom. The first-order chi connectivity index (χ1) is 9.50. The van der Waals surface area contributed by atoms with Gasteiger partial charge in [0.25, 0.3) is 5.58 Å². The second kappa shape index (κ2) is 4.80. The summed E-state index contributed by atoms with van der Waals surface area (Å²) in [6.07, 6.45) is 0. The molecule has 2 aromatic rings. The minimum absolute atomic E-state index is 0.103. The summed E-state index contributed by atoms with van der Waals surface area (Å²) in [4.78, 5) is 4.67. The second-order valence-electron chi connectivity index (χ2n) is 8.06. The molecule has 0 radical (unpaired) electrons. The van der Waals surface area contributed by atoms with E-state index in [1.54, 1.807) is 0 Å². The van der Waals surface area contributed by atoms with E-state index in [1.165, 1.54) is 0 Å². The number of rotatable bonds is 2. The molecule has 0 saturated heterocycles. The molecule has 0 fully saturated rings. The maximum absolute atomic E-state index is 9.35. The third kappa shape index (κ3) is 2.46. The molecular formula is C17H26O4. The number of hydrogen-bond acceptors (Lipinski definition) is 4. The predicted octanol–water partition coefficient (Wildman–Crippen LogP) is 5.60. The van der Waals surface area contributed by atoms with E-state index in [0.717, 1.165) is 16.7 Å². The van der Waals surface area contributed by atoms with Gasteiger partial charge < -0.3 is 4.89 Å². The Balaban J connectivity index is 3.02. The van der Waals surface area contributed by atoms with Gasteiger partial charge in [0.2, 0.25) is 11.3 Å². The zero-order valence-corrected chi connectivity index (χ0v) is 14.2. The van der Waals surface area contributed by atoms with E-state index in [0.29, 0.717) is 16.9 Å². The van der Waals surface area contributed by atoms with Crippen molar-refractivity contribution in [3.05, 3.63) is 16.7 Å². The van der Waals surface area contributed by atoms with Crippen LogP contribution in [0.2, 0.25) is 0 Å². The van der Waals surface area contributed by atoms with Crippen LogP contribution in [-0.4, -0.2) is 5.26 Å². The van der Waals surface area contributed by atoms with Crippen LogP contribution < -0.4 is 4.89 Å². The second-order valence-corrected chi connectivity index (χ2v) is 8.06. The van der Waals surface area contributed by atoms with Gasteiger partial charge in [-0.1, -0.05) is 55.4 Å². The minimum atomic E-state index is -0.108. The van der Waals surface area contributed by atoms with Crippen molar-refractivity contribution in [2.75, 3.05) is 0 Å². The normalized spacial score (nSPS) is 13.4. The van der Waals surface area contributed by atoms with Crippen molar-refractivity contribution >= 4 is 11.2 Å². The first kappa shape index (κ1) is 16.0. The maximum Gasteiger partial charge on any atom is 0.272 e.